The van der Waals surface area contributed by atoms with E-state index >= 15 is 0 Å². The summed E-state index contributed by atoms with van der Waals surface area (Å²) in [5.74, 6) is -1.50. The summed E-state index contributed by atoms with van der Waals surface area (Å²) in [5, 5.41) is 4.86. The second-order valence-corrected chi connectivity index (χ2v) is 6.07. The van der Waals surface area contributed by atoms with Crippen LogP contribution in [0.2, 0.25) is 0 Å². The first-order chi connectivity index (χ1) is 8.60. The average Bonchev–Trinajstić information content (AvgIpc) is 2.27. The third kappa shape index (κ3) is 3.30. The largest absolute Gasteiger partial charge is 0.465 e. The molecule has 0 saturated carbocycles. The Kier molecular flexibility index (Phi) is 4.32. The maximum Gasteiger partial charge on any atom is 0.315 e. The molecule has 1 rings (SSSR count). The van der Waals surface area contributed by atoms with Crippen LogP contribution >= 0.6 is 0 Å². The van der Waals surface area contributed by atoms with E-state index in [-0.39, 0.29) is 6.61 Å². The summed E-state index contributed by atoms with van der Waals surface area (Å²) in [4.78, 5) is 11.2. The molecule has 0 heterocycles. The van der Waals surface area contributed by atoms with Crippen molar-refractivity contribution in [3.63, 3.8) is 0 Å². The van der Waals surface area contributed by atoms with E-state index in [0.29, 0.717) is 5.56 Å². The van der Waals surface area contributed by atoms with Gasteiger partial charge in [-0.1, -0.05) is 6.07 Å². The fourth-order valence-corrected chi connectivity index (χ4v) is 2.14. The number of nitrogens with two attached hydrogens (primary N) is 1. The van der Waals surface area contributed by atoms with E-state index in [9.17, 15) is 17.6 Å². The Balaban J connectivity index is 3.25. The average molecular weight is 289 g/mol. The molecule has 0 unspecified atom stereocenters. The van der Waals surface area contributed by atoms with E-state index < -0.39 is 32.1 Å². The van der Waals surface area contributed by atoms with Gasteiger partial charge in [0.05, 0.1) is 12.0 Å². The van der Waals surface area contributed by atoms with E-state index in [4.69, 9.17) is 9.88 Å². The first-order valence-corrected chi connectivity index (χ1v) is 7.15. The molecule has 0 amide bonds. The maximum absolute atomic E-state index is 13.7. The molecular formula is C12H16FNO4S. The van der Waals surface area contributed by atoms with Crippen molar-refractivity contribution in [2.24, 2.45) is 5.14 Å². The quantitative estimate of drug-likeness (QED) is 0.847. The molecule has 0 radical (unpaired) electrons. The Morgan fingerprint density at radius 2 is 2.00 bits per heavy atom. The molecule has 0 saturated heterocycles. The van der Waals surface area contributed by atoms with Gasteiger partial charge in [-0.15, -0.1) is 0 Å². The van der Waals surface area contributed by atoms with Gasteiger partial charge in [0.1, 0.15) is 10.7 Å². The van der Waals surface area contributed by atoms with Crippen LogP contribution < -0.4 is 5.14 Å². The Hall–Kier alpha value is -1.47. The van der Waals surface area contributed by atoms with Crippen molar-refractivity contribution in [1.82, 2.24) is 0 Å². The number of rotatable bonds is 4. The first kappa shape index (κ1) is 15.6. The minimum absolute atomic E-state index is 0.208. The Labute approximate surface area is 111 Å². The smallest absolute Gasteiger partial charge is 0.315 e. The lowest BCUT2D eigenvalue weighted by molar-refractivity contribution is -0.148. The number of carbonyl (C=O) groups excluding carboxylic acids is 1. The molecule has 0 aliphatic heterocycles. The molecule has 0 aliphatic carbocycles. The molecule has 0 fully saturated rings. The molecule has 0 aromatic heterocycles. The molecule has 0 atom stereocenters. The number of hydrogen-bond donors (Lipinski definition) is 1. The zero-order valence-electron chi connectivity index (χ0n) is 10.9. The molecule has 106 valence electrons. The van der Waals surface area contributed by atoms with Crippen LogP contribution in [0.1, 0.15) is 26.3 Å². The molecule has 1 aromatic rings. The Morgan fingerprint density at radius 1 is 1.42 bits per heavy atom. The maximum atomic E-state index is 13.7. The number of carbonyl (C=O) groups is 1. The highest BCUT2D eigenvalue weighted by molar-refractivity contribution is 7.89. The van der Waals surface area contributed by atoms with Gasteiger partial charge in [0.15, 0.2) is 0 Å². The van der Waals surface area contributed by atoms with Crippen LogP contribution in [0.4, 0.5) is 4.39 Å². The van der Waals surface area contributed by atoms with Crippen LogP contribution in [0.3, 0.4) is 0 Å². The van der Waals surface area contributed by atoms with Crippen LogP contribution in [-0.2, 0) is 25.0 Å². The number of hydrogen-bond acceptors (Lipinski definition) is 4. The van der Waals surface area contributed by atoms with Crippen LogP contribution in [0.15, 0.2) is 23.1 Å². The highest BCUT2D eigenvalue weighted by atomic mass is 32.2. The molecule has 0 bridgehead atoms. The van der Waals surface area contributed by atoms with E-state index in [0.717, 1.165) is 12.1 Å². The first-order valence-electron chi connectivity index (χ1n) is 5.60. The lowest BCUT2D eigenvalue weighted by Crippen LogP contribution is -2.31. The van der Waals surface area contributed by atoms with Crippen LogP contribution in [0.5, 0.6) is 0 Å². The summed E-state index contributed by atoms with van der Waals surface area (Å²) >= 11 is 0. The molecule has 5 nitrogen and oxygen atoms in total. The Bertz CT molecular complexity index is 596. The van der Waals surface area contributed by atoms with Gasteiger partial charge in [0.2, 0.25) is 10.0 Å². The predicted molar refractivity (Wildman–Crippen MR) is 67.4 cm³/mol. The molecule has 7 heteroatoms. The number of sulfonamides is 1. The van der Waals surface area contributed by atoms with Crippen molar-refractivity contribution in [3.8, 4) is 0 Å². The van der Waals surface area contributed by atoms with Gasteiger partial charge in [0, 0.05) is 0 Å². The minimum Gasteiger partial charge on any atom is -0.465 e. The molecule has 2 N–H and O–H groups in total. The van der Waals surface area contributed by atoms with Crippen LogP contribution in [0.25, 0.3) is 0 Å². The summed E-state index contributed by atoms with van der Waals surface area (Å²) < 4.78 is 40.8. The van der Waals surface area contributed by atoms with Gasteiger partial charge in [-0.2, -0.15) is 0 Å². The molecule has 1 aromatic carbocycles. The third-order valence-electron chi connectivity index (χ3n) is 2.75. The number of ether oxygens (including phenoxy) is 1. The highest BCUT2D eigenvalue weighted by Crippen LogP contribution is 2.27. The van der Waals surface area contributed by atoms with Crippen molar-refractivity contribution >= 4 is 16.0 Å². The second kappa shape index (κ2) is 5.26. The number of halogens is 1. The summed E-state index contributed by atoms with van der Waals surface area (Å²) in [6, 6.07) is 3.37. The van der Waals surface area contributed by atoms with Gasteiger partial charge < -0.3 is 4.74 Å². The molecular weight excluding hydrogens is 273 g/mol. The monoisotopic (exact) mass is 289 g/mol. The molecule has 0 aliphatic rings. The van der Waals surface area contributed by atoms with E-state index in [2.05, 4.69) is 0 Å². The van der Waals surface area contributed by atoms with Crippen molar-refractivity contribution in [3.05, 3.63) is 29.6 Å². The van der Waals surface area contributed by atoms with Crippen molar-refractivity contribution in [1.29, 1.82) is 0 Å². The fourth-order valence-electron chi connectivity index (χ4n) is 1.55. The van der Waals surface area contributed by atoms with Gasteiger partial charge in [0.25, 0.3) is 0 Å². The summed E-state index contributed by atoms with van der Waals surface area (Å²) in [6.07, 6.45) is 0. The molecule has 19 heavy (non-hydrogen) atoms. The number of esters is 1. The second-order valence-electron chi connectivity index (χ2n) is 4.54. The topological polar surface area (TPSA) is 86.5 Å². The lowest BCUT2D eigenvalue weighted by atomic mass is 9.85. The zero-order chi connectivity index (χ0) is 14.8. The van der Waals surface area contributed by atoms with Crippen molar-refractivity contribution < 1.29 is 22.3 Å². The minimum atomic E-state index is -4.12. The normalized spacial score (nSPS) is 12.3. The summed E-state index contributed by atoms with van der Waals surface area (Å²) in [7, 11) is -4.12. The number of benzene rings is 1. The zero-order valence-corrected chi connectivity index (χ0v) is 11.8. The number of primary sulfonamides is 1. The fraction of sp³-hybridized carbons (Fsp3) is 0.417. The van der Waals surface area contributed by atoms with Crippen molar-refractivity contribution in [2.45, 2.75) is 31.1 Å². The van der Waals surface area contributed by atoms with Gasteiger partial charge in [-0.05, 0) is 38.5 Å². The summed E-state index contributed by atoms with van der Waals surface area (Å²) in [6.45, 7) is 5.01. The Morgan fingerprint density at radius 3 is 2.42 bits per heavy atom. The standard InChI is InChI=1S/C12H16FNO4S/c1-4-18-11(15)12(2,3)8-5-6-10(9(13)7-8)19(14,16)17/h5-7H,4H2,1-3H3,(H2,14,16,17). The SMILES string of the molecule is CCOC(=O)C(C)(C)c1ccc(S(N)(=O)=O)c(F)c1. The van der Waals surface area contributed by atoms with Gasteiger partial charge >= 0.3 is 5.97 Å². The van der Waals surface area contributed by atoms with Crippen LogP contribution in [-0.4, -0.2) is 21.0 Å². The van der Waals surface area contributed by atoms with E-state index in [1.807, 2.05) is 0 Å². The summed E-state index contributed by atoms with van der Waals surface area (Å²) in [5.41, 5.74) is -0.760. The van der Waals surface area contributed by atoms with Gasteiger partial charge in [-0.3, -0.25) is 4.79 Å². The van der Waals surface area contributed by atoms with E-state index in [1.165, 1.54) is 6.07 Å². The third-order valence-corrected chi connectivity index (χ3v) is 3.69. The lowest BCUT2D eigenvalue weighted by Gasteiger charge is -2.23. The van der Waals surface area contributed by atoms with Gasteiger partial charge in [-0.25, -0.2) is 17.9 Å². The van der Waals surface area contributed by atoms with Crippen LogP contribution in [0, 0.1) is 5.82 Å². The van der Waals surface area contributed by atoms with Crippen molar-refractivity contribution in [2.75, 3.05) is 6.61 Å². The highest BCUT2D eigenvalue weighted by Gasteiger charge is 2.32. The predicted octanol–water partition coefficient (Wildman–Crippen LogP) is 1.31. The molecule has 0 spiro atoms. The van der Waals surface area contributed by atoms with E-state index in [1.54, 1.807) is 20.8 Å².